The molecule has 6 atom stereocenters. The van der Waals surface area contributed by atoms with Crippen molar-refractivity contribution < 1.29 is 56.8 Å². The molecular weight excluding hydrogens is 765 g/mol. The molecule has 1 heterocycles. The highest BCUT2D eigenvalue weighted by Gasteiger charge is 2.46. The standard InChI is InChI=1S/C45H76O12S/c1-3-5-7-9-11-13-15-17-19-21-23-25-27-29-31-33-40(46)54-35-38(36-55-45-44(50)43(49)42(48)39(57-45)37-58(51,52)53)56-41(47)34-32-30-28-26-24-22-20-18-16-14-12-10-8-6-4-2/h5,7,11,13-14,16-20,38-39,42-45,48-50H,3-4,6,8-10,12,15,21-37H2,1-2H3,(H,51,52,53)/b7-5+,13-11+,16-14+,19-17+,20-18+/t38-,39-,42-,43?,44?,45+/m1/s1. The largest absolute Gasteiger partial charge is 0.462 e. The molecule has 0 aromatic rings. The topological polar surface area (TPSA) is 186 Å². The Bertz CT molecular complexity index is 1310. The molecule has 0 saturated carbocycles. The van der Waals surface area contributed by atoms with E-state index in [0.29, 0.717) is 12.8 Å². The van der Waals surface area contributed by atoms with Gasteiger partial charge in [0.1, 0.15) is 36.8 Å². The van der Waals surface area contributed by atoms with Crippen molar-refractivity contribution in [3.05, 3.63) is 60.8 Å². The van der Waals surface area contributed by atoms with Crippen molar-refractivity contribution in [2.24, 2.45) is 0 Å². The first kappa shape index (κ1) is 53.4. The Kier molecular flexibility index (Phi) is 32.3. The second-order valence-corrected chi connectivity index (χ2v) is 16.5. The number of carbonyl (C=O) groups is 2. The molecular formula is C45H76O12S. The van der Waals surface area contributed by atoms with Crippen LogP contribution in [-0.2, 0) is 38.7 Å². The van der Waals surface area contributed by atoms with Crippen molar-refractivity contribution in [1.29, 1.82) is 0 Å². The van der Waals surface area contributed by atoms with Crippen molar-refractivity contribution in [3.63, 3.8) is 0 Å². The van der Waals surface area contributed by atoms with Crippen LogP contribution in [0.4, 0.5) is 0 Å². The fraction of sp³-hybridized carbons (Fsp3) is 0.733. The van der Waals surface area contributed by atoms with E-state index in [1.54, 1.807) is 0 Å². The van der Waals surface area contributed by atoms with Gasteiger partial charge in [0.05, 0.1) is 6.61 Å². The van der Waals surface area contributed by atoms with Crippen LogP contribution in [0.2, 0.25) is 0 Å². The maximum Gasteiger partial charge on any atom is 0.306 e. The number of ether oxygens (including phenoxy) is 4. The van der Waals surface area contributed by atoms with Gasteiger partial charge in [-0.15, -0.1) is 0 Å². The first-order valence-electron chi connectivity index (χ1n) is 21.9. The average molecular weight is 841 g/mol. The molecule has 0 aromatic carbocycles. The van der Waals surface area contributed by atoms with Gasteiger partial charge in [-0.05, 0) is 70.6 Å². The first-order chi connectivity index (χ1) is 28.0. The maximum atomic E-state index is 12.8. The molecule has 0 bridgehead atoms. The summed E-state index contributed by atoms with van der Waals surface area (Å²) in [6.45, 7) is 3.58. The molecule has 334 valence electrons. The molecule has 0 aliphatic carbocycles. The predicted octanol–water partition coefficient (Wildman–Crippen LogP) is 8.56. The van der Waals surface area contributed by atoms with E-state index < -0.39 is 71.2 Å². The lowest BCUT2D eigenvalue weighted by Gasteiger charge is -2.40. The quantitative estimate of drug-likeness (QED) is 0.0157. The number of rotatable bonds is 35. The Morgan fingerprint density at radius 2 is 1.14 bits per heavy atom. The van der Waals surface area contributed by atoms with Crippen molar-refractivity contribution in [2.75, 3.05) is 19.0 Å². The summed E-state index contributed by atoms with van der Waals surface area (Å²) >= 11 is 0. The van der Waals surface area contributed by atoms with Crippen LogP contribution in [0, 0.1) is 0 Å². The van der Waals surface area contributed by atoms with Crippen molar-refractivity contribution in [2.45, 2.75) is 192 Å². The van der Waals surface area contributed by atoms with E-state index in [2.05, 4.69) is 74.6 Å². The SMILES string of the molecule is CC/C=C/C/C=C/C/C=C/CCCCCCCC(=O)OC[C@H](CO[C@H]1O[C@H](CS(=O)(=O)O)[C@@H](O)C(O)C1O)OC(=O)CCCCCCC/C=C/C=C/CCCCCC. The summed E-state index contributed by atoms with van der Waals surface area (Å²) in [5, 5.41) is 30.8. The molecule has 0 aromatic heterocycles. The van der Waals surface area contributed by atoms with Crippen LogP contribution in [0.25, 0.3) is 0 Å². The highest BCUT2D eigenvalue weighted by Crippen LogP contribution is 2.24. The van der Waals surface area contributed by atoms with Crippen molar-refractivity contribution in [1.82, 2.24) is 0 Å². The summed E-state index contributed by atoms with van der Waals surface area (Å²) in [6, 6.07) is 0. The summed E-state index contributed by atoms with van der Waals surface area (Å²) in [5.41, 5.74) is 0. The smallest absolute Gasteiger partial charge is 0.306 e. The normalized spacial score (nSPS) is 21.0. The zero-order valence-electron chi connectivity index (χ0n) is 35.4. The van der Waals surface area contributed by atoms with Crippen LogP contribution < -0.4 is 0 Å². The number of allylic oxidation sites excluding steroid dienone is 10. The zero-order chi connectivity index (χ0) is 42.7. The van der Waals surface area contributed by atoms with E-state index in [1.165, 1.54) is 25.7 Å². The van der Waals surface area contributed by atoms with Crippen LogP contribution in [0.1, 0.15) is 155 Å². The lowest BCUT2D eigenvalue weighted by Crippen LogP contribution is -2.60. The van der Waals surface area contributed by atoms with E-state index in [9.17, 15) is 37.9 Å². The fourth-order valence-electron chi connectivity index (χ4n) is 6.21. The Balaban J connectivity index is 2.50. The molecule has 1 rings (SSSR count). The third-order valence-corrected chi connectivity index (χ3v) is 10.4. The summed E-state index contributed by atoms with van der Waals surface area (Å²) in [6.07, 6.45) is 32.6. The molecule has 0 amide bonds. The lowest BCUT2D eigenvalue weighted by atomic mass is 10.00. The van der Waals surface area contributed by atoms with Crippen LogP contribution in [0.5, 0.6) is 0 Å². The molecule has 2 unspecified atom stereocenters. The van der Waals surface area contributed by atoms with E-state index in [4.69, 9.17) is 18.9 Å². The van der Waals surface area contributed by atoms with Crippen LogP contribution in [-0.4, -0.2) is 96.0 Å². The van der Waals surface area contributed by atoms with E-state index in [1.807, 2.05) is 0 Å². The molecule has 4 N–H and O–H groups in total. The third-order valence-electron chi connectivity index (χ3n) is 9.61. The van der Waals surface area contributed by atoms with Gasteiger partial charge in [0.15, 0.2) is 12.4 Å². The van der Waals surface area contributed by atoms with Gasteiger partial charge in [-0.3, -0.25) is 14.1 Å². The van der Waals surface area contributed by atoms with Gasteiger partial charge in [-0.1, -0.05) is 132 Å². The summed E-state index contributed by atoms with van der Waals surface area (Å²) in [4.78, 5) is 25.4. The Morgan fingerprint density at radius 1 is 0.621 bits per heavy atom. The first-order valence-corrected chi connectivity index (χ1v) is 23.5. The van der Waals surface area contributed by atoms with Crippen LogP contribution in [0.15, 0.2) is 60.8 Å². The van der Waals surface area contributed by atoms with Crippen LogP contribution in [0.3, 0.4) is 0 Å². The minimum Gasteiger partial charge on any atom is -0.462 e. The van der Waals surface area contributed by atoms with E-state index in [0.717, 1.165) is 89.9 Å². The van der Waals surface area contributed by atoms with Crippen LogP contribution >= 0.6 is 0 Å². The molecule has 1 aliphatic rings. The number of aliphatic hydroxyl groups excluding tert-OH is 3. The Hall–Kier alpha value is -2.65. The van der Waals surface area contributed by atoms with E-state index >= 15 is 0 Å². The molecule has 13 heteroatoms. The molecule has 1 aliphatic heterocycles. The Labute approximate surface area is 349 Å². The average Bonchev–Trinajstić information content (AvgIpc) is 3.18. The second kappa shape index (κ2) is 35.1. The number of aliphatic hydroxyl groups is 3. The third kappa shape index (κ3) is 29.5. The number of unbranched alkanes of at least 4 members (excludes halogenated alkanes) is 14. The second-order valence-electron chi connectivity index (χ2n) is 15.0. The number of esters is 2. The van der Waals surface area contributed by atoms with Gasteiger partial charge in [0.25, 0.3) is 10.1 Å². The van der Waals surface area contributed by atoms with Gasteiger partial charge in [-0.25, -0.2) is 0 Å². The van der Waals surface area contributed by atoms with E-state index in [-0.39, 0.29) is 19.4 Å². The zero-order valence-corrected chi connectivity index (χ0v) is 36.2. The molecule has 58 heavy (non-hydrogen) atoms. The lowest BCUT2D eigenvalue weighted by molar-refractivity contribution is -0.297. The molecule has 12 nitrogen and oxygen atoms in total. The van der Waals surface area contributed by atoms with Gasteiger partial charge in [-0.2, -0.15) is 8.42 Å². The number of carbonyl (C=O) groups excluding carboxylic acids is 2. The molecule has 0 spiro atoms. The van der Waals surface area contributed by atoms with Gasteiger partial charge >= 0.3 is 11.9 Å². The van der Waals surface area contributed by atoms with Crippen molar-refractivity contribution in [3.8, 4) is 0 Å². The predicted molar refractivity (Wildman–Crippen MR) is 229 cm³/mol. The summed E-state index contributed by atoms with van der Waals surface area (Å²) < 4.78 is 54.0. The van der Waals surface area contributed by atoms with Gasteiger partial charge in [0.2, 0.25) is 0 Å². The maximum absolute atomic E-state index is 12.8. The molecule has 1 saturated heterocycles. The monoisotopic (exact) mass is 841 g/mol. The summed E-state index contributed by atoms with van der Waals surface area (Å²) in [7, 11) is -4.61. The molecule has 0 radical (unpaired) electrons. The van der Waals surface area contributed by atoms with Gasteiger partial charge < -0.3 is 34.3 Å². The number of hydrogen-bond donors (Lipinski definition) is 4. The van der Waals surface area contributed by atoms with Gasteiger partial charge in [0, 0.05) is 12.8 Å². The minimum absolute atomic E-state index is 0.140. The highest BCUT2D eigenvalue weighted by molar-refractivity contribution is 7.85. The Morgan fingerprint density at radius 3 is 1.72 bits per heavy atom. The highest BCUT2D eigenvalue weighted by atomic mass is 32.2. The summed E-state index contributed by atoms with van der Waals surface area (Å²) in [5.74, 6) is -2.03. The fourth-order valence-corrected chi connectivity index (χ4v) is 6.90. The van der Waals surface area contributed by atoms with Crippen molar-refractivity contribution >= 4 is 22.1 Å². The number of hydrogen-bond acceptors (Lipinski definition) is 11. The molecule has 1 fully saturated rings. The minimum atomic E-state index is -4.61.